The minimum Gasteiger partial charge on any atom is -0.508 e. The number of nitrogens with zero attached hydrogens (tertiary/aromatic N) is 1. The quantitative estimate of drug-likeness (QED) is 0.760. The highest BCUT2D eigenvalue weighted by Crippen LogP contribution is 2.37. The van der Waals surface area contributed by atoms with Gasteiger partial charge in [0.2, 0.25) is 0 Å². The molecule has 15 heavy (non-hydrogen) atoms. The molecule has 0 heterocycles. The Hall–Kier alpha value is -1.38. The topological polar surface area (TPSA) is 49.7 Å². The fourth-order valence-electron chi connectivity index (χ4n) is 1.65. The molecule has 82 valence electrons. The molecule has 0 aliphatic carbocycles. The highest BCUT2D eigenvalue weighted by Gasteiger charge is 2.16. The van der Waals surface area contributed by atoms with E-state index in [0.717, 1.165) is 11.1 Å². The van der Waals surface area contributed by atoms with Crippen LogP contribution < -0.4 is 0 Å². The average Bonchev–Trinajstić information content (AvgIpc) is 2.16. The first-order valence-electron chi connectivity index (χ1n) is 5.17. The lowest BCUT2D eigenvalue weighted by Gasteiger charge is -2.14. The van der Waals surface area contributed by atoms with E-state index in [9.17, 15) is 10.0 Å². The largest absolute Gasteiger partial charge is 0.508 e. The monoisotopic (exact) mass is 207 g/mol. The first kappa shape index (κ1) is 11.7. The number of hydrogen-bond acceptors (Lipinski definition) is 3. The lowest BCUT2D eigenvalue weighted by Crippen LogP contribution is -1.95. The minimum absolute atomic E-state index is 0.183. The van der Waals surface area contributed by atoms with Gasteiger partial charge in [0.25, 0.3) is 0 Å². The molecule has 0 aromatic heterocycles. The van der Waals surface area contributed by atoms with Crippen LogP contribution in [0.25, 0.3) is 0 Å². The van der Waals surface area contributed by atoms with Crippen molar-refractivity contribution in [3.05, 3.63) is 28.2 Å². The molecule has 0 aliphatic rings. The molecule has 1 aromatic rings. The molecular formula is C12H17NO2. The molecule has 0 bridgehead atoms. The van der Waals surface area contributed by atoms with Crippen LogP contribution in [0.5, 0.6) is 5.75 Å². The summed E-state index contributed by atoms with van der Waals surface area (Å²) in [7, 11) is 0. The maximum absolute atomic E-state index is 10.8. The molecular weight excluding hydrogens is 190 g/mol. The lowest BCUT2D eigenvalue weighted by atomic mass is 9.92. The summed E-state index contributed by atoms with van der Waals surface area (Å²) in [5.41, 5.74) is 2.11. The SMILES string of the molecule is CC(C)c1cc(O)cc(C(C)C)c1N=O. The third-order valence-corrected chi connectivity index (χ3v) is 2.49. The van der Waals surface area contributed by atoms with Gasteiger partial charge in [-0.25, -0.2) is 0 Å². The van der Waals surface area contributed by atoms with Crippen LogP contribution in [0.2, 0.25) is 0 Å². The Balaban J connectivity index is 3.45. The molecule has 0 fully saturated rings. The van der Waals surface area contributed by atoms with E-state index in [0.29, 0.717) is 5.69 Å². The van der Waals surface area contributed by atoms with Crippen molar-refractivity contribution in [3.63, 3.8) is 0 Å². The van der Waals surface area contributed by atoms with E-state index in [2.05, 4.69) is 5.18 Å². The molecule has 0 aliphatic heterocycles. The van der Waals surface area contributed by atoms with E-state index in [4.69, 9.17) is 0 Å². The summed E-state index contributed by atoms with van der Waals surface area (Å²) in [5.74, 6) is 0.569. The van der Waals surface area contributed by atoms with Crippen molar-refractivity contribution < 1.29 is 5.11 Å². The molecule has 3 heteroatoms. The van der Waals surface area contributed by atoms with Crippen molar-refractivity contribution in [1.29, 1.82) is 0 Å². The molecule has 1 aromatic carbocycles. The number of hydrogen-bond donors (Lipinski definition) is 1. The number of rotatable bonds is 3. The molecule has 0 amide bonds. The van der Waals surface area contributed by atoms with Crippen LogP contribution in [0.3, 0.4) is 0 Å². The van der Waals surface area contributed by atoms with Gasteiger partial charge in [-0.2, -0.15) is 0 Å². The fourth-order valence-corrected chi connectivity index (χ4v) is 1.65. The Morgan fingerprint density at radius 1 is 1.07 bits per heavy atom. The molecule has 0 saturated heterocycles. The van der Waals surface area contributed by atoms with Gasteiger partial charge in [0.05, 0.1) is 0 Å². The molecule has 1 N–H and O–H groups in total. The zero-order valence-corrected chi connectivity index (χ0v) is 9.61. The molecule has 3 nitrogen and oxygen atoms in total. The van der Waals surface area contributed by atoms with Crippen LogP contribution in [0.15, 0.2) is 17.3 Å². The zero-order chi connectivity index (χ0) is 11.6. The van der Waals surface area contributed by atoms with Crippen LogP contribution in [0.1, 0.15) is 50.7 Å². The number of phenols is 1. The summed E-state index contributed by atoms with van der Waals surface area (Å²) >= 11 is 0. The van der Waals surface area contributed by atoms with Gasteiger partial charge in [-0.3, -0.25) is 0 Å². The van der Waals surface area contributed by atoms with E-state index < -0.39 is 0 Å². The minimum atomic E-state index is 0.183. The highest BCUT2D eigenvalue weighted by atomic mass is 16.3. The zero-order valence-electron chi connectivity index (χ0n) is 9.61. The van der Waals surface area contributed by atoms with E-state index in [1.165, 1.54) is 0 Å². The van der Waals surface area contributed by atoms with Crippen LogP contribution in [-0.2, 0) is 0 Å². The summed E-state index contributed by atoms with van der Waals surface area (Å²) < 4.78 is 0. The number of phenolic OH excluding ortho intramolecular Hbond substituents is 1. The first-order chi connectivity index (χ1) is 6.97. The Bertz CT molecular complexity index is 341. The van der Waals surface area contributed by atoms with Gasteiger partial charge in [0.15, 0.2) is 0 Å². The second-order valence-electron chi connectivity index (χ2n) is 4.37. The van der Waals surface area contributed by atoms with Gasteiger partial charge >= 0.3 is 0 Å². The van der Waals surface area contributed by atoms with Crippen LogP contribution in [-0.4, -0.2) is 5.11 Å². The van der Waals surface area contributed by atoms with Gasteiger partial charge in [-0.05, 0) is 40.3 Å². The smallest absolute Gasteiger partial charge is 0.116 e. The van der Waals surface area contributed by atoms with Crippen molar-refractivity contribution >= 4 is 5.69 Å². The summed E-state index contributed by atoms with van der Waals surface area (Å²) in [5, 5.41) is 12.7. The van der Waals surface area contributed by atoms with E-state index in [-0.39, 0.29) is 17.6 Å². The second-order valence-corrected chi connectivity index (χ2v) is 4.37. The van der Waals surface area contributed by atoms with Gasteiger partial charge in [-0.15, -0.1) is 4.91 Å². The van der Waals surface area contributed by atoms with Gasteiger partial charge < -0.3 is 5.11 Å². The Kier molecular flexibility index (Phi) is 3.45. The Morgan fingerprint density at radius 3 is 1.73 bits per heavy atom. The molecule has 0 saturated carbocycles. The summed E-state index contributed by atoms with van der Waals surface area (Å²) in [4.78, 5) is 10.8. The number of benzene rings is 1. The average molecular weight is 207 g/mol. The third kappa shape index (κ3) is 2.35. The highest BCUT2D eigenvalue weighted by molar-refractivity contribution is 5.58. The maximum Gasteiger partial charge on any atom is 0.116 e. The van der Waals surface area contributed by atoms with Crippen molar-refractivity contribution in [1.82, 2.24) is 0 Å². The van der Waals surface area contributed by atoms with Crippen molar-refractivity contribution in [2.24, 2.45) is 5.18 Å². The van der Waals surface area contributed by atoms with Crippen molar-refractivity contribution in [3.8, 4) is 5.75 Å². The first-order valence-corrected chi connectivity index (χ1v) is 5.17. The molecule has 0 atom stereocenters. The van der Waals surface area contributed by atoms with Crippen molar-refractivity contribution in [2.45, 2.75) is 39.5 Å². The number of nitroso groups, excluding NO2 is 1. The third-order valence-electron chi connectivity index (χ3n) is 2.49. The van der Waals surface area contributed by atoms with Gasteiger partial charge in [0.1, 0.15) is 11.4 Å². The van der Waals surface area contributed by atoms with Crippen LogP contribution >= 0.6 is 0 Å². The van der Waals surface area contributed by atoms with Crippen molar-refractivity contribution in [2.75, 3.05) is 0 Å². The Labute approximate surface area is 90.1 Å². The summed E-state index contributed by atoms with van der Waals surface area (Å²) in [6.45, 7) is 7.92. The predicted octanol–water partition coefficient (Wildman–Crippen LogP) is 4.04. The normalized spacial score (nSPS) is 11.1. The number of aromatic hydroxyl groups is 1. The van der Waals surface area contributed by atoms with E-state index in [1.54, 1.807) is 12.1 Å². The molecule has 1 rings (SSSR count). The molecule has 0 radical (unpaired) electrons. The van der Waals surface area contributed by atoms with Crippen LogP contribution in [0.4, 0.5) is 5.69 Å². The maximum atomic E-state index is 10.8. The fraction of sp³-hybridized carbons (Fsp3) is 0.500. The molecule has 0 unspecified atom stereocenters. The molecule has 0 spiro atoms. The predicted molar refractivity (Wildman–Crippen MR) is 61.7 cm³/mol. The van der Waals surface area contributed by atoms with E-state index in [1.807, 2.05) is 27.7 Å². The summed E-state index contributed by atoms with van der Waals surface area (Å²) in [6.07, 6.45) is 0. The summed E-state index contributed by atoms with van der Waals surface area (Å²) in [6, 6.07) is 3.24. The van der Waals surface area contributed by atoms with Gasteiger partial charge in [-0.1, -0.05) is 27.7 Å². The lowest BCUT2D eigenvalue weighted by molar-refractivity contribution is 0.473. The second kappa shape index (κ2) is 4.43. The van der Waals surface area contributed by atoms with E-state index >= 15 is 0 Å². The standard InChI is InChI=1S/C12H17NO2/c1-7(2)10-5-9(14)6-11(8(3)4)12(10)13-15/h5-8,14H,1-4H3. The van der Waals surface area contributed by atoms with Crippen LogP contribution in [0, 0.1) is 4.91 Å². The van der Waals surface area contributed by atoms with Gasteiger partial charge in [0, 0.05) is 0 Å². The Morgan fingerprint density at radius 2 is 1.47 bits per heavy atom.